The second-order valence-corrected chi connectivity index (χ2v) is 6.25. The normalized spacial score (nSPS) is 36.5. The highest BCUT2D eigenvalue weighted by atomic mass is 15.3. The summed E-state index contributed by atoms with van der Waals surface area (Å²) < 4.78 is 0. The van der Waals surface area contributed by atoms with Crippen molar-refractivity contribution in [3.63, 3.8) is 0 Å². The number of hydrogen-bond donors (Lipinski definition) is 1. The van der Waals surface area contributed by atoms with E-state index >= 15 is 0 Å². The maximum absolute atomic E-state index is 6.23. The van der Waals surface area contributed by atoms with Gasteiger partial charge in [-0.15, -0.1) is 0 Å². The fraction of sp³-hybridized carbons (Fsp3) is 1.00. The predicted molar refractivity (Wildman–Crippen MR) is 77.8 cm³/mol. The molecule has 2 unspecified atom stereocenters. The highest BCUT2D eigenvalue weighted by molar-refractivity contribution is 4.97. The average Bonchev–Trinajstić information content (AvgIpc) is 2.62. The molecule has 2 fully saturated rings. The van der Waals surface area contributed by atoms with Crippen LogP contribution in [0.1, 0.15) is 52.4 Å². The van der Waals surface area contributed by atoms with Crippen LogP contribution in [0.5, 0.6) is 0 Å². The molecule has 0 aromatic carbocycles. The third-order valence-corrected chi connectivity index (χ3v) is 5.25. The molecule has 2 rings (SSSR count). The molecule has 0 spiro atoms. The Balaban J connectivity index is 2.08. The molecule has 0 saturated carbocycles. The van der Waals surface area contributed by atoms with Gasteiger partial charge in [-0.05, 0) is 65.2 Å². The molecule has 0 bridgehead atoms. The topological polar surface area (TPSA) is 32.5 Å². The Morgan fingerprint density at radius 3 is 2.61 bits per heavy atom. The molecule has 0 aromatic rings. The summed E-state index contributed by atoms with van der Waals surface area (Å²) in [7, 11) is 0. The molecule has 2 aliphatic heterocycles. The van der Waals surface area contributed by atoms with Crippen molar-refractivity contribution >= 4 is 0 Å². The summed E-state index contributed by atoms with van der Waals surface area (Å²) in [5.41, 5.74) is 6.52. The Bertz CT molecular complexity index is 256. The van der Waals surface area contributed by atoms with Gasteiger partial charge in [0.1, 0.15) is 0 Å². The van der Waals surface area contributed by atoms with Gasteiger partial charge in [-0.2, -0.15) is 0 Å². The first-order valence-corrected chi connectivity index (χ1v) is 7.91. The van der Waals surface area contributed by atoms with Gasteiger partial charge < -0.3 is 10.6 Å². The number of likely N-dealkylation sites (tertiary alicyclic amines) is 2. The zero-order valence-corrected chi connectivity index (χ0v) is 12.3. The van der Waals surface area contributed by atoms with E-state index in [1.54, 1.807) is 0 Å². The quantitative estimate of drug-likeness (QED) is 0.836. The van der Waals surface area contributed by atoms with Crippen LogP contribution in [0, 0.1) is 0 Å². The fourth-order valence-corrected chi connectivity index (χ4v) is 3.96. The molecule has 2 aliphatic rings. The van der Waals surface area contributed by atoms with Crippen LogP contribution in [0.15, 0.2) is 0 Å². The van der Waals surface area contributed by atoms with Crippen LogP contribution < -0.4 is 5.73 Å². The molecule has 0 aliphatic carbocycles. The Labute approximate surface area is 113 Å². The summed E-state index contributed by atoms with van der Waals surface area (Å²) in [6.07, 6.45) is 8.00. The smallest absolute Gasteiger partial charge is 0.0347 e. The van der Waals surface area contributed by atoms with Gasteiger partial charge >= 0.3 is 0 Å². The van der Waals surface area contributed by atoms with Crippen molar-refractivity contribution in [2.75, 3.05) is 32.7 Å². The van der Waals surface area contributed by atoms with Crippen molar-refractivity contribution in [2.24, 2.45) is 5.73 Å². The monoisotopic (exact) mass is 253 g/mol. The summed E-state index contributed by atoms with van der Waals surface area (Å²) in [5.74, 6) is 0. The van der Waals surface area contributed by atoms with Gasteiger partial charge in [0.25, 0.3) is 0 Å². The largest absolute Gasteiger partial charge is 0.329 e. The van der Waals surface area contributed by atoms with Crippen LogP contribution in [0.4, 0.5) is 0 Å². The Hall–Kier alpha value is -0.120. The molecular weight excluding hydrogens is 222 g/mol. The molecule has 2 N–H and O–H groups in total. The molecule has 2 saturated heterocycles. The van der Waals surface area contributed by atoms with E-state index in [1.807, 2.05) is 0 Å². The number of nitrogens with two attached hydrogens (primary N) is 1. The molecule has 3 nitrogen and oxygen atoms in total. The molecule has 3 heteroatoms. The number of nitrogens with zero attached hydrogens (tertiary/aromatic N) is 2. The highest BCUT2D eigenvalue weighted by Gasteiger charge is 2.39. The van der Waals surface area contributed by atoms with E-state index < -0.39 is 0 Å². The van der Waals surface area contributed by atoms with E-state index in [9.17, 15) is 0 Å². The van der Waals surface area contributed by atoms with E-state index in [0.717, 1.165) is 12.6 Å². The van der Waals surface area contributed by atoms with Gasteiger partial charge in [-0.25, -0.2) is 0 Å². The van der Waals surface area contributed by atoms with E-state index in [0.29, 0.717) is 5.54 Å². The highest BCUT2D eigenvalue weighted by Crippen LogP contribution is 2.33. The summed E-state index contributed by atoms with van der Waals surface area (Å²) in [5, 5.41) is 0. The molecule has 2 heterocycles. The maximum atomic E-state index is 6.23. The second kappa shape index (κ2) is 6.36. The van der Waals surface area contributed by atoms with Crippen LogP contribution >= 0.6 is 0 Å². The van der Waals surface area contributed by atoms with Crippen molar-refractivity contribution in [2.45, 2.75) is 64.0 Å². The minimum absolute atomic E-state index is 0.295. The minimum atomic E-state index is 0.295. The van der Waals surface area contributed by atoms with Gasteiger partial charge in [0.05, 0.1) is 0 Å². The second-order valence-electron chi connectivity index (χ2n) is 6.25. The van der Waals surface area contributed by atoms with Crippen LogP contribution in [0.2, 0.25) is 0 Å². The molecule has 0 amide bonds. The summed E-state index contributed by atoms with van der Waals surface area (Å²) in [6, 6.07) is 0.732. The van der Waals surface area contributed by atoms with Gasteiger partial charge in [-0.1, -0.05) is 13.3 Å². The summed E-state index contributed by atoms with van der Waals surface area (Å²) >= 11 is 0. The van der Waals surface area contributed by atoms with Gasteiger partial charge in [0.15, 0.2) is 0 Å². The molecule has 0 radical (unpaired) electrons. The van der Waals surface area contributed by atoms with Gasteiger partial charge in [0.2, 0.25) is 0 Å². The lowest BCUT2D eigenvalue weighted by molar-refractivity contribution is 0.0190. The summed E-state index contributed by atoms with van der Waals surface area (Å²) in [6.45, 7) is 10.5. The Kier molecular flexibility index (Phi) is 5.05. The molecule has 0 aromatic heterocycles. The zero-order chi connectivity index (χ0) is 13.0. The predicted octanol–water partition coefficient (Wildman–Crippen LogP) is 2.06. The minimum Gasteiger partial charge on any atom is -0.329 e. The first-order valence-electron chi connectivity index (χ1n) is 7.91. The average molecular weight is 253 g/mol. The van der Waals surface area contributed by atoms with Crippen molar-refractivity contribution in [3.8, 4) is 0 Å². The van der Waals surface area contributed by atoms with Crippen LogP contribution in [0.25, 0.3) is 0 Å². The van der Waals surface area contributed by atoms with E-state index in [4.69, 9.17) is 5.73 Å². The molecule has 18 heavy (non-hydrogen) atoms. The Morgan fingerprint density at radius 1 is 1.11 bits per heavy atom. The molecule has 2 atom stereocenters. The summed E-state index contributed by atoms with van der Waals surface area (Å²) in [4.78, 5) is 5.35. The lowest BCUT2D eigenvalue weighted by Gasteiger charge is -2.48. The van der Waals surface area contributed by atoms with Gasteiger partial charge in [0, 0.05) is 18.1 Å². The first kappa shape index (κ1) is 14.3. The van der Waals surface area contributed by atoms with Crippen LogP contribution in [-0.4, -0.2) is 54.1 Å². The van der Waals surface area contributed by atoms with Crippen molar-refractivity contribution in [1.29, 1.82) is 0 Å². The lowest BCUT2D eigenvalue weighted by atomic mass is 9.84. The fourth-order valence-electron chi connectivity index (χ4n) is 3.96. The van der Waals surface area contributed by atoms with Gasteiger partial charge in [-0.3, -0.25) is 4.90 Å². The van der Waals surface area contributed by atoms with E-state index in [1.165, 1.54) is 64.7 Å². The standard InChI is InChI=1S/C15H31N3/c1-3-17-10-6-8-15(13-16,9-12-17)18-11-5-4-7-14(18)2/h14H,3-13,16H2,1-2H3. The van der Waals surface area contributed by atoms with Crippen molar-refractivity contribution in [3.05, 3.63) is 0 Å². The number of rotatable bonds is 3. The third-order valence-electron chi connectivity index (χ3n) is 5.25. The molecule has 106 valence electrons. The van der Waals surface area contributed by atoms with Crippen LogP contribution in [0.3, 0.4) is 0 Å². The van der Waals surface area contributed by atoms with Crippen molar-refractivity contribution in [1.82, 2.24) is 9.80 Å². The SMILES string of the molecule is CCN1CCCC(CN)(N2CCCCC2C)CC1. The lowest BCUT2D eigenvalue weighted by Crippen LogP contribution is -2.59. The molecular formula is C15H31N3. The van der Waals surface area contributed by atoms with Crippen molar-refractivity contribution < 1.29 is 0 Å². The van der Waals surface area contributed by atoms with E-state index in [-0.39, 0.29) is 0 Å². The number of hydrogen-bond acceptors (Lipinski definition) is 3. The maximum Gasteiger partial charge on any atom is 0.0347 e. The Morgan fingerprint density at radius 2 is 1.94 bits per heavy atom. The van der Waals surface area contributed by atoms with Crippen LogP contribution in [-0.2, 0) is 0 Å². The van der Waals surface area contributed by atoms with E-state index in [2.05, 4.69) is 23.6 Å². The number of piperidine rings is 1. The zero-order valence-electron chi connectivity index (χ0n) is 12.3. The first-order chi connectivity index (χ1) is 8.72. The third kappa shape index (κ3) is 2.89.